The van der Waals surface area contributed by atoms with Crippen molar-refractivity contribution in [2.24, 2.45) is 0 Å². The number of H-pyrrole nitrogens is 1. The lowest BCUT2D eigenvalue weighted by atomic mass is 10.1. The van der Waals surface area contributed by atoms with Gasteiger partial charge in [0.1, 0.15) is 5.75 Å². The number of aromatic nitrogens is 2. The van der Waals surface area contributed by atoms with Crippen molar-refractivity contribution in [3.63, 3.8) is 0 Å². The van der Waals surface area contributed by atoms with E-state index in [0.29, 0.717) is 0 Å². The minimum absolute atomic E-state index is 0.00513. The Hall–Kier alpha value is -1.69. The van der Waals surface area contributed by atoms with E-state index in [4.69, 9.17) is 4.74 Å². The summed E-state index contributed by atoms with van der Waals surface area (Å²) in [7, 11) is 1.63. The molecule has 5 nitrogen and oxygen atoms in total. The summed E-state index contributed by atoms with van der Waals surface area (Å²) < 4.78 is 5.19. The number of nitrogens with one attached hydrogen (secondary N) is 2. The summed E-state index contributed by atoms with van der Waals surface area (Å²) in [5.74, 6) is 0.784. The number of nitrogens with zero attached hydrogens (tertiary/aromatic N) is 1. The van der Waals surface area contributed by atoms with Crippen molar-refractivity contribution >= 4 is 28.7 Å². The Morgan fingerprint density at radius 2 is 2.14 bits per heavy atom. The fourth-order valence-corrected chi connectivity index (χ4v) is 2.66. The molecule has 0 fully saturated rings. The molecule has 1 amide bonds. The molecular weight excluding hydrogens is 286 g/mol. The van der Waals surface area contributed by atoms with Gasteiger partial charge in [-0.05, 0) is 39.8 Å². The lowest BCUT2D eigenvalue weighted by molar-refractivity contribution is -0.121. The molecule has 1 aromatic heterocycles. The molecule has 0 aliphatic heterocycles. The number of imidazole rings is 1. The van der Waals surface area contributed by atoms with Gasteiger partial charge in [-0.3, -0.25) is 4.79 Å². The van der Waals surface area contributed by atoms with Crippen LogP contribution < -0.4 is 10.1 Å². The SMILES string of the molecule is COc1ccc2nc(S[C@H](C)C(=O)NC(C)(C)C)[nH]c2c1. The Labute approximate surface area is 128 Å². The van der Waals surface area contributed by atoms with E-state index in [9.17, 15) is 4.79 Å². The minimum atomic E-state index is -0.229. The number of hydrogen-bond donors (Lipinski definition) is 2. The fraction of sp³-hybridized carbons (Fsp3) is 0.467. The van der Waals surface area contributed by atoms with E-state index in [1.807, 2.05) is 45.9 Å². The van der Waals surface area contributed by atoms with Gasteiger partial charge >= 0.3 is 0 Å². The Morgan fingerprint density at radius 3 is 2.76 bits per heavy atom. The van der Waals surface area contributed by atoms with E-state index < -0.39 is 0 Å². The summed E-state index contributed by atoms with van der Waals surface area (Å²) in [6.45, 7) is 7.78. The van der Waals surface area contributed by atoms with Gasteiger partial charge in [0, 0.05) is 11.6 Å². The number of amides is 1. The van der Waals surface area contributed by atoms with Gasteiger partial charge < -0.3 is 15.0 Å². The average molecular weight is 307 g/mol. The summed E-state index contributed by atoms with van der Waals surface area (Å²) in [5, 5.41) is 3.48. The fourth-order valence-electron chi connectivity index (χ4n) is 1.84. The number of rotatable bonds is 4. The van der Waals surface area contributed by atoms with Gasteiger partial charge in [0.15, 0.2) is 5.16 Å². The molecule has 6 heteroatoms. The quantitative estimate of drug-likeness (QED) is 0.852. The molecule has 0 radical (unpaired) electrons. The number of methoxy groups -OCH3 is 1. The maximum atomic E-state index is 12.1. The van der Waals surface area contributed by atoms with Crippen molar-refractivity contribution in [2.75, 3.05) is 7.11 Å². The topological polar surface area (TPSA) is 67.0 Å². The highest BCUT2D eigenvalue weighted by atomic mass is 32.2. The van der Waals surface area contributed by atoms with Crippen LogP contribution >= 0.6 is 11.8 Å². The number of hydrogen-bond acceptors (Lipinski definition) is 4. The van der Waals surface area contributed by atoms with E-state index in [2.05, 4.69) is 15.3 Å². The molecule has 0 unspecified atom stereocenters. The van der Waals surface area contributed by atoms with E-state index >= 15 is 0 Å². The number of benzene rings is 1. The van der Waals surface area contributed by atoms with Gasteiger partial charge in [-0.15, -0.1) is 0 Å². The Balaban J connectivity index is 2.10. The molecule has 2 aromatic rings. The molecule has 1 aromatic carbocycles. The highest BCUT2D eigenvalue weighted by molar-refractivity contribution is 8.00. The minimum Gasteiger partial charge on any atom is -0.497 e. The molecule has 0 saturated heterocycles. The lowest BCUT2D eigenvalue weighted by Gasteiger charge is -2.22. The van der Waals surface area contributed by atoms with Crippen LogP contribution in [-0.2, 0) is 4.79 Å². The maximum absolute atomic E-state index is 12.1. The van der Waals surface area contributed by atoms with Gasteiger partial charge in [-0.25, -0.2) is 4.98 Å². The predicted molar refractivity (Wildman–Crippen MR) is 85.9 cm³/mol. The molecule has 21 heavy (non-hydrogen) atoms. The molecule has 0 spiro atoms. The number of carbonyl (C=O) groups is 1. The van der Waals surface area contributed by atoms with Crippen LogP contribution in [0.2, 0.25) is 0 Å². The van der Waals surface area contributed by atoms with Crippen molar-refractivity contribution in [1.29, 1.82) is 0 Å². The smallest absolute Gasteiger partial charge is 0.233 e. The van der Waals surface area contributed by atoms with Gasteiger partial charge in [0.05, 0.1) is 23.4 Å². The third-order valence-corrected chi connectivity index (χ3v) is 3.81. The van der Waals surface area contributed by atoms with Crippen molar-refractivity contribution < 1.29 is 9.53 Å². The predicted octanol–water partition coefficient (Wildman–Crippen LogP) is 2.97. The van der Waals surface area contributed by atoms with Crippen LogP contribution in [0.25, 0.3) is 11.0 Å². The summed E-state index contributed by atoms with van der Waals surface area (Å²) in [6, 6.07) is 5.66. The van der Waals surface area contributed by atoms with Crippen LogP contribution in [0.5, 0.6) is 5.75 Å². The van der Waals surface area contributed by atoms with Crippen molar-refractivity contribution in [3.05, 3.63) is 18.2 Å². The number of carbonyl (C=O) groups excluding carboxylic acids is 1. The summed E-state index contributed by atoms with van der Waals surface area (Å²) in [6.07, 6.45) is 0. The summed E-state index contributed by atoms with van der Waals surface area (Å²) in [4.78, 5) is 19.8. The molecule has 114 valence electrons. The number of ether oxygens (including phenoxy) is 1. The highest BCUT2D eigenvalue weighted by Gasteiger charge is 2.21. The first-order valence-electron chi connectivity index (χ1n) is 6.81. The van der Waals surface area contributed by atoms with E-state index in [-0.39, 0.29) is 16.7 Å². The molecule has 0 bridgehead atoms. The zero-order valence-electron chi connectivity index (χ0n) is 13.0. The Kier molecular flexibility index (Phi) is 4.46. The molecule has 0 aliphatic rings. The van der Waals surface area contributed by atoms with Crippen LogP contribution in [0, 0.1) is 0 Å². The molecule has 2 N–H and O–H groups in total. The first-order valence-corrected chi connectivity index (χ1v) is 7.69. The van der Waals surface area contributed by atoms with Crippen molar-refractivity contribution in [2.45, 2.75) is 43.6 Å². The van der Waals surface area contributed by atoms with Gasteiger partial charge in [-0.2, -0.15) is 0 Å². The molecule has 0 aliphatic carbocycles. The standard InChI is InChI=1S/C15H21N3O2S/c1-9(13(19)18-15(2,3)4)21-14-16-11-7-6-10(20-5)8-12(11)17-14/h6-9H,1-5H3,(H,16,17)(H,18,19)/t9-/m1/s1. The first-order chi connectivity index (χ1) is 9.78. The van der Waals surface area contributed by atoms with Crippen LogP contribution in [0.4, 0.5) is 0 Å². The molecule has 1 heterocycles. The maximum Gasteiger partial charge on any atom is 0.233 e. The average Bonchev–Trinajstić information content (AvgIpc) is 2.77. The van der Waals surface area contributed by atoms with Crippen LogP contribution in [0.15, 0.2) is 23.4 Å². The van der Waals surface area contributed by atoms with E-state index in [0.717, 1.165) is 21.9 Å². The zero-order chi connectivity index (χ0) is 15.6. The largest absolute Gasteiger partial charge is 0.497 e. The summed E-state index contributed by atoms with van der Waals surface area (Å²) in [5.41, 5.74) is 1.54. The van der Waals surface area contributed by atoms with Crippen molar-refractivity contribution in [3.8, 4) is 5.75 Å². The number of thioether (sulfide) groups is 1. The Bertz CT molecular complexity index is 646. The van der Waals surface area contributed by atoms with Crippen molar-refractivity contribution in [1.82, 2.24) is 15.3 Å². The lowest BCUT2D eigenvalue weighted by Crippen LogP contribution is -2.44. The number of fused-ring (bicyclic) bond motifs is 1. The van der Waals surface area contributed by atoms with Crippen LogP contribution in [-0.4, -0.2) is 33.8 Å². The Morgan fingerprint density at radius 1 is 1.43 bits per heavy atom. The van der Waals surface area contributed by atoms with Gasteiger partial charge in [0.2, 0.25) is 5.91 Å². The monoisotopic (exact) mass is 307 g/mol. The third-order valence-electron chi connectivity index (χ3n) is 2.82. The second-order valence-electron chi connectivity index (χ2n) is 5.92. The normalized spacial score (nSPS) is 13.2. The zero-order valence-corrected chi connectivity index (χ0v) is 13.8. The van der Waals surface area contributed by atoms with Gasteiger partial charge in [-0.1, -0.05) is 11.8 Å². The first kappa shape index (κ1) is 15.7. The second kappa shape index (κ2) is 5.97. The van der Waals surface area contributed by atoms with Crippen LogP contribution in [0.1, 0.15) is 27.7 Å². The second-order valence-corrected chi connectivity index (χ2v) is 7.25. The summed E-state index contributed by atoms with van der Waals surface area (Å²) >= 11 is 1.41. The van der Waals surface area contributed by atoms with Crippen LogP contribution in [0.3, 0.4) is 0 Å². The van der Waals surface area contributed by atoms with E-state index in [1.165, 1.54) is 11.8 Å². The van der Waals surface area contributed by atoms with E-state index in [1.54, 1.807) is 7.11 Å². The highest BCUT2D eigenvalue weighted by Crippen LogP contribution is 2.26. The number of aromatic amines is 1. The molecule has 1 atom stereocenters. The third kappa shape index (κ3) is 4.14. The molecule has 2 rings (SSSR count). The van der Waals surface area contributed by atoms with Gasteiger partial charge in [0.25, 0.3) is 0 Å². The molecule has 0 saturated carbocycles. The molecular formula is C15H21N3O2S.